The second kappa shape index (κ2) is 8.24. The molecule has 3 aromatic rings. The summed E-state index contributed by atoms with van der Waals surface area (Å²) >= 11 is 0. The molecule has 5 rings (SSSR count). The average molecular weight is 432 g/mol. The molecule has 2 aliphatic rings. The predicted molar refractivity (Wildman–Crippen MR) is 129 cm³/mol. The molecule has 0 atom stereocenters. The summed E-state index contributed by atoms with van der Waals surface area (Å²) in [5.74, 6) is 1.01. The minimum Gasteiger partial charge on any atom is -0.350 e. The number of carbonyl (C=O) groups excluding carboxylic acids is 1. The van der Waals surface area contributed by atoms with E-state index in [4.69, 9.17) is 4.98 Å². The van der Waals surface area contributed by atoms with Gasteiger partial charge < -0.3 is 19.3 Å². The van der Waals surface area contributed by atoms with Crippen LogP contribution in [0.2, 0.25) is 0 Å². The van der Waals surface area contributed by atoms with Gasteiger partial charge in [0.15, 0.2) is 5.82 Å². The highest BCUT2D eigenvalue weighted by molar-refractivity contribution is 6.01. The zero-order valence-corrected chi connectivity index (χ0v) is 19.7. The lowest BCUT2D eigenvalue weighted by atomic mass is 10.00. The Hall–Kier alpha value is -2.86. The molecule has 32 heavy (non-hydrogen) atoms. The minimum atomic E-state index is 0.0555. The number of aryl methyl sites for hydroxylation is 2. The molecule has 168 valence electrons. The molecule has 6 nitrogen and oxygen atoms in total. The maximum atomic E-state index is 13.5. The van der Waals surface area contributed by atoms with Crippen LogP contribution in [-0.2, 0) is 19.5 Å². The standard InChI is InChI=1S/C26H33N5O/c1-5-31-19(3)18(2)22-16-23(26(32)29-14-12-28(4)13-15-29)27-25(24(22)31)30-11-10-20-8-6-7-9-21(20)17-30/h6-9,16H,5,10-15,17H2,1-4H3. The van der Waals surface area contributed by atoms with Gasteiger partial charge in [-0.15, -0.1) is 0 Å². The first-order valence-corrected chi connectivity index (χ1v) is 11.8. The molecule has 0 spiro atoms. The van der Waals surface area contributed by atoms with Crippen molar-refractivity contribution in [1.82, 2.24) is 19.4 Å². The van der Waals surface area contributed by atoms with E-state index >= 15 is 0 Å². The molecule has 4 heterocycles. The number of amides is 1. The normalized spacial score (nSPS) is 17.1. The van der Waals surface area contributed by atoms with Crippen LogP contribution < -0.4 is 4.90 Å². The quantitative estimate of drug-likeness (QED) is 0.635. The van der Waals surface area contributed by atoms with Gasteiger partial charge in [-0.1, -0.05) is 24.3 Å². The number of anilines is 1. The Bertz CT molecular complexity index is 1170. The molecule has 1 fully saturated rings. The van der Waals surface area contributed by atoms with Crippen LogP contribution in [0.5, 0.6) is 0 Å². The molecule has 6 heteroatoms. The van der Waals surface area contributed by atoms with Crippen molar-refractivity contribution in [2.75, 3.05) is 44.7 Å². The summed E-state index contributed by atoms with van der Waals surface area (Å²) in [6, 6.07) is 10.7. The summed E-state index contributed by atoms with van der Waals surface area (Å²) in [7, 11) is 2.11. The van der Waals surface area contributed by atoms with Crippen LogP contribution in [0, 0.1) is 13.8 Å². The summed E-state index contributed by atoms with van der Waals surface area (Å²) in [5, 5.41) is 1.16. The van der Waals surface area contributed by atoms with Gasteiger partial charge in [-0.2, -0.15) is 0 Å². The summed E-state index contributed by atoms with van der Waals surface area (Å²) in [4.78, 5) is 25.1. The largest absolute Gasteiger partial charge is 0.350 e. The van der Waals surface area contributed by atoms with Gasteiger partial charge in [-0.3, -0.25) is 4.79 Å². The molecule has 1 aromatic carbocycles. The van der Waals surface area contributed by atoms with Crippen LogP contribution in [-0.4, -0.2) is 65.0 Å². The van der Waals surface area contributed by atoms with E-state index in [0.29, 0.717) is 5.69 Å². The maximum absolute atomic E-state index is 13.5. The Balaban J connectivity index is 1.62. The molecular formula is C26H33N5O. The fourth-order valence-electron chi connectivity index (χ4n) is 5.22. The Morgan fingerprint density at radius 1 is 1.03 bits per heavy atom. The zero-order chi connectivity index (χ0) is 22.4. The van der Waals surface area contributed by atoms with Crippen LogP contribution in [0.15, 0.2) is 30.3 Å². The van der Waals surface area contributed by atoms with E-state index in [9.17, 15) is 4.79 Å². The molecule has 0 N–H and O–H groups in total. The molecule has 1 saturated heterocycles. The monoisotopic (exact) mass is 431 g/mol. The summed E-state index contributed by atoms with van der Waals surface area (Å²) in [5.41, 5.74) is 7.02. The summed E-state index contributed by atoms with van der Waals surface area (Å²) < 4.78 is 2.36. The second-order valence-corrected chi connectivity index (χ2v) is 9.22. The van der Waals surface area contributed by atoms with Crippen LogP contribution in [0.1, 0.15) is 39.8 Å². The van der Waals surface area contributed by atoms with Crippen molar-refractivity contribution in [3.63, 3.8) is 0 Å². The second-order valence-electron chi connectivity index (χ2n) is 9.22. The first-order chi connectivity index (χ1) is 15.5. The highest BCUT2D eigenvalue weighted by Gasteiger charge is 2.27. The van der Waals surface area contributed by atoms with Gasteiger partial charge in [-0.05, 0) is 57.0 Å². The van der Waals surface area contributed by atoms with Gasteiger partial charge in [-0.25, -0.2) is 4.98 Å². The van der Waals surface area contributed by atoms with Crippen molar-refractivity contribution < 1.29 is 4.79 Å². The lowest BCUT2D eigenvalue weighted by Gasteiger charge is -2.33. The zero-order valence-electron chi connectivity index (χ0n) is 19.7. The van der Waals surface area contributed by atoms with Crippen molar-refractivity contribution in [1.29, 1.82) is 0 Å². The number of carbonyl (C=O) groups is 1. The Labute approximate surface area is 190 Å². The van der Waals surface area contributed by atoms with Crippen LogP contribution in [0.3, 0.4) is 0 Å². The Morgan fingerprint density at radius 3 is 2.47 bits per heavy atom. The third-order valence-corrected chi connectivity index (χ3v) is 7.35. The van der Waals surface area contributed by atoms with Gasteiger partial charge in [0.05, 0.1) is 5.52 Å². The molecule has 2 aromatic heterocycles. The van der Waals surface area contributed by atoms with Crippen molar-refractivity contribution in [3.8, 4) is 0 Å². The molecule has 0 bridgehead atoms. The van der Waals surface area contributed by atoms with E-state index in [1.165, 1.54) is 22.4 Å². The molecule has 0 aliphatic carbocycles. The molecule has 0 saturated carbocycles. The topological polar surface area (TPSA) is 44.6 Å². The summed E-state index contributed by atoms with van der Waals surface area (Å²) in [6.07, 6.45) is 1.00. The van der Waals surface area contributed by atoms with Crippen molar-refractivity contribution >= 4 is 22.6 Å². The van der Waals surface area contributed by atoms with Gasteiger partial charge in [0, 0.05) is 56.9 Å². The lowest BCUT2D eigenvalue weighted by molar-refractivity contribution is 0.0658. The number of piperazine rings is 1. The van der Waals surface area contributed by atoms with Gasteiger partial charge >= 0.3 is 0 Å². The van der Waals surface area contributed by atoms with Crippen molar-refractivity contribution in [2.45, 2.75) is 40.3 Å². The van der Waals surface area contributed by atoms with E-state index in [1.807, 2.05) is 11.0 Å². The Morgan fingerprint density at radius 2 is 1.75 bits per heavy atom. The molecule has 0 unspecified atom stereocenters. The highest BCUT2D eigenvalue weighted by Crippen LogP contribution is 2.35. The molecule has 1 amide bonds. The van der Waals surface area contributed by atoms with Crippen LogP contribution in [0.25, 0.3) is 10.9 Å². The van der Waals surface area contributed by atoms with E-state index in [-0.39, 0.29) is 5.91 Å². The minimum absolute atomic E-state index is 0.0555. The molecule has 2 aliphatic heterocycles. The SMILES string of the molecule is CCn1c(C)c(C)c2cc(C(=O)N3CCN(C)CC3)nc(N3CCc4ccccc4C3)c21. The van der Waals surface area contributed by atoms with E-state index in [0.717, 1.165) is 69.0 Å². The number of benzene rings is 1. The fourth-order valence-corrected chi connectivity index (χ4v) is 5.22. The van der Waals surface area contributed by atoms with Crippen LogP contribution >= 0.6 is 0 Å². The van der Waals surface area contributed by atoms with Gasteiger partial charge in [0.2, 0.25) is 0 Å². The van der Waals surface area contributed by atoms with Crippen molar-refractivity contribution in [3.05, 3.63) is 58.4 Å². The number of aromatic nitrogens is 2. The molecule has 0 radical (unpaired) electrons. The predicted octanol–water partition coefficient (Wildman–Crippen LogP) is 3.62. The number of fused-ring (bicyclic) bond motifs is 2. The highest BCUT2D eigenvalue weighted by atomic mass is 16.2. The van der Waals surface area contributed by atoms with Crippen LogP contribution in [0.4, 0.5) is 5.82 Å². The van der Waals surface area contributed by atoms with Gasteiger partial charge in [0.1, 0.15) is 5.69 Å². The van der Waals surface area contributed by atoms with E-state index < -0.39 is 0 Å². The average Bonchev–Trinajstić information content (AvgIpc) is 3.07. The van der Waals surface area contributed by atoms with E-state index in [2.05, 4.69) is 66.5 Å². The number of hydrogen-bond acceptors (Lipinski definition) is 4. The maximum Gasteiger partial charge on any atom is 0.272 e. The number of nitrogens with zero attached hydrogens (tertiary/aromatic N) is 5. The molecular weight excluding hydrogens is 398 g/mol. The summed E-state index contributed by atoms with van der Waals surface area (Å²) in [6.45, 7) is 12.5. The smallest absolute Gasteiger partial charge is 0.272 e. The number of rotatable bonds is 3. The number of hydrogen-bond donors (Lipinski definition) is 0. The third kappa shape index (κ3) is 3.47. The van der Waals surface area contributed by atoms with Gasteiger partial charge in [0.25, 0.3) is 5.91 Å². The lowest BCUT2D eigenvalue weighted by Crippen LogP contribution is -2.47. The third-order valence-electron chi connectivity index (χ3n) is 7.35. The number of likely N-dealkylation sites (N-methyl/N-ethyl adjacent to an activating group) is 1. The first-order valence-electron chi connectivity index (χ1n) is 11.8. The fraction of sp³-hybridized carbons (Fsp3) is 0.462. The van der Waals surface area contributed by atoms with Crippen molar-refractivity contribution in [2.24, 2.45) is 0 Å². The first kappa shape index (κ1) is 21.0. The van der Waals surface area contributed by atoms with E-state index in [1.54, 1.807) is 0 Å². The Kier molecular flexibility index (Phi) is 5.41. The number of pyridine rings is 1.